The number of aliphatic hydroxyl groups is 1. The molecule has 1 aromatic carbocycles. The molecule has 0 unspecified atom stereocenters. The molecule has 0 radical (unpaired) electrons. The molecule has 0 saturated carbocycles. The van der Waals surface area contributed by atoms with Gasteiger partial charge in [0.25, 0.3) is 0 Å². The molecular weight excluding hydrogens is 278 g/mol. The first-order valence-electron chi connectivity index (χ1n) is 6.80. The maximum absolute atomic E-state index is 11.9. The van der Waals surface area contributed by atoms with E-state index in [2.05, 4.69) is 10.2 Å². The smallest absolute Gasteiger partial charge is 0.225 e. The summed E-state index contributed by atoms with van der Waals surface area (Å²) in [5.41, 5.74) is 6.84. The van der Waals surface area contributed by atoms with Gasteiger partial charge >= 0.3 is 0 Å². The quantitative estimate of drug-likeness (QED) is 0.739. The van der Waals surface area contributed by atoms with E-state index in [1.807, 2.05) is 0 Å². The van der Waals surface area contributed by atoms with Crippen molar-refractivity contribution in [1.29, 1.82) is 0 Å². The van der Waals surface area contributed by atoms with E-state index in [0.29, 0.717) is 29.4 Å². The number of halogens is 1. The van der Waals surface area contributed by atoms with Crippen LogP contribution >= 0.6 is 11.6 Å². The number of carbonyl (C=O) groups is 1. The van der Waals surface area contributed by atoms with Gasteiger partial charge in [0.1, 0.15) is 0 Å². The fourth-order valence-corrected chi connectivity index (χ4v) is 2.44. The highest BCUT2D eigenvalue weighted by molar-refractivity contribution is 6.31. The van der Waals surface area contributed by atoms with Gasteiger partial charge in [-0.1, -0.05) is 11.6 Å². The molecule has 0 atom stereocenters. The number of carbonyl (C=O) groups excluding carboxylic acids is 1. The zero-order valence-corrected chi connectivity index (χ0v) is 12.1. The van der Waals surface area contributed by atoms with E-state index >= 15 is 0 Å². The van der Waals surface area contributed by atoms with Crippen LogP contribution in [0.3, 0.4) is 0 Å². The van der Waals surface area contributed by atoms with Crippen molar-refractivity contribution in [2.75, 3.05) is 30.7 Å². The molecule has 1 saturated heterocycles. The van der Waals surface area contributed by atoms with Crippen molar-refractivity contribution in [2.45, 2.75) is 25.4 Å². The third-order valence-corrected chi connectivity index (χ3v) is 3.73. The number of nitrogen functional groups attached to an aromatic ring is 1. The van der Waals surface area contributed by atoms with Crippen LogP contribution in [0.2, 0.25) is 5.02 Å². The minimum atomic E-state index is -0.186. The second kappa shape index (κ2) is 6.92. The number of aliphatic hydroxyl groups excluding tert-OH is 1. The number of nitrogens with zero attached hydrogens (tertiary/aromatic N) is 1. The lowest BCUT2D eigenvalue weighted by molar-refractivity contribution is -0.116. The molecule has 1 aromatic rings. The molecule has 0 aliphatic carbocycles. The zero-order chi connectivity index (χ0) is 14.5. The van der Waals surface area contributed by atoms with E-state index in [-0.39, 0.29) is 12.0 Å². The minimum absolute atomic E-state index is 0.0647. The fraction of sp³-hybridized carbons (Fsp3) is 0.500. The van der Waals surface area contributed by atoms with Crippen molar-refractivity contribution in [3.63, 3.8) is 0 Å². The largest absolute Gasteiger partial charge is 0.397 e. The summed E-state index contributed by atoms with van der Waals surface area (Å²) in [6.45, 7) is 2.39. The van der Waals surface area contributed by atoms with Crippen LogP contribution in [0.15, 0.2) is 18.2 Å². The van der Waals surface area contributed by atoms with Crippen LogP contribution in [-0.2, 0) is 4.79 Å². The van der Waals surface area contributed by atoms with E-state index in [1.54, 1.807) is 18.2 Å². The van der Waals surface area contributed by atoms with Crippen molar-refractivity contribution in [2.24, 2.45) is 0 Å². The molecule has 4 N–H and O–H groups in total. The highest BCUT2D eigenvalue weighted by Gasteiger charge is 2.17. The molecule has 110 valence electrons. The van der Waals surface area contributed by atoms with Crippen LogP contribution in [0.4, 0.5) is 11.4 Å². The van der Waals surface area contributed by atoms with Crippen LogP contribution in [-0.4, -0.2) is 41.7 Å². The number of piperidine rings is 1. The maximum atomic E-state index is 11.9. The van der Waals surface area contributed by atoms with Crippen LogP contribution in [0, 0.1) is 0 Å². The Kier molecular flexibility index (Phi) is 5.23. The van der Waals surface area contributed by atoms with Gasteiger partial charge in [0.15, 0.2) is 0 Å². The summed E-state index contributed by atoms with van der Waals surface area (Å²) in [5, 5.41) is 12.8. The standard InChI is InChI=1S/C14H20ClN3O2/c15-10-1-2-13(12(16)9-10)17-14(20)5-8-18-6-3-11(19)4-7-18/h1-2,9,11,19H,3-8,16H2,(H,17,20). The highest BCUT2D eigenvalue weighted by atomic mass is 35.5. The zero-order valence-electron chi connectivity index (χ0n) is 11.3. The molecule has 1 aliphatic rings. The fourth-order valence-electron chi connectivity index (χ4n) is 2.26. The van der Waals surface area contributed by atoms with Crippen molar-refractivity contribution in [1.82, 2.24) is 4.90 Å². The Morgan fingerprint density at radius 3 is 2.80 bits per heavy atom. The molecule has 1 aliphatic heterocycles. The van der Waals surface area contributed by atoms with Gasteiger partial charge in [-0.15, -0.1) is 0 Å². The Morgan fingerprint density at radius 1 is 1.45 bits per heavy atom. The summed E-state index contributed by atoms with van der Waals surface area (Å²) in [6, 6.07) is 5.01. The molecule has 2 rings (SSSR count). The summed E-state index contributed by atoms with van der Waals surface area (Å²) >= 11 is 5.81. The summed E-state index contributed by atoms with van der Waals surface area (Å²) in [7, 11) is 0. The summed E-state index contributed by atoms with van der Waals surface area (Å²) in [5.74, 6) is -0.0647. The maximum Gasteiger partial charge on any atom is 0.225 e. The lowest BCUT2D eigenvalue weighted by atomic mass is 10.1. The normalized spacial score (nSPS) is 17.1. The van der Waals surface area contributed by atoms with Gasteiger partial charge in [0.2, 0.25) is 5.91 Å². The topological polar surface area (TPSA) is 78.6 Å². The van der Waals surface area contributed by atoms with Gasteiger partial charge in [-0.2, -0.15) is 0 Å². The molecule has 6 heteroatoms. The number of benzene rings is 1. The van der Waals surface area contributed by atoms with Crippen molar-refractivity contribution in [3.05, 3.63) is 23.2 Å². The van der Waals surface area contributed by atoms with Gasteiger partial charge in [0.05, 0.1) is 17.5 Å². The molecule has 0 spiro atoms. The SMILES string of the molecule is Nc1cc(Cl)ccc1NC(=O)CCN1CCC(O)CC1. The first kappa shape index (κ1) is 15.1. The number of hydrogen-bond acceptors (Lipinski definition) is 4. The number of amides is 1. The minimum Gasteiger partial charge on any atom is -0.397 e. The Morgan fingerprint density at radius 2 is 2.15 bits per heavy atom. The molecule has 1 amide bonds. The van der Waals surface area contributed by atoms with E-state index in [0.717, 1.165) is 25.9 Å². The van der Waals surface area contributed by atoms with Crippen LogP contribution in [0.5, 0.6) is 0 Å². The van der Waals surface area contributed by atoms with Crippen molar-refractivity contribution < 1.29 is 9.90 Å². The summed E-state index contributed by atoms with van der Waals surface area (Å²) in [4.78, 5) is 14.1. The van der Waals surface area contributed by atoms with Crippen LogP contribution < -0.4 is 11.1 Å². The number of likely N-dealkylation sites (tertiary alicyclic amines) is 1. The molecule has 0 bridgehead atoms. The van der Waals surface area contributed by atoms with Crippen molar-refractivity contribution in [3.8, 4) is 0 Å². The number of nitrogens with two attached hydrogens (primary N) is 1. The Labute approximate surface area is 123 Å². The third-order valence-electron chi connectivity index (χ3n) is 3.50. The molecule has 5 nitrogen and oxygen atoms in total. The molecule has 0 aromatic heterocycles. The monoisotopic (exact) mass is 297 g/mol. The first-order valence-corrected chi connectivity index (χ1v) is 7.17. The Bertz CT molecular complexity index is 473. The highest BCUT2D eigenvalue weighted by Crippen LogP contribution is 2.22. The van der Waals surface area contributed by atoms with Gasteiger partial charge < -0.3 is 21.1 Å². The first-order chi connectivity index (χ1) is 9.54. The van der Waals surface area contributed by atoms with E-state index in [9.17, 15) is 9.90 Å². The number of rotatable bonds is 4. The Balaban J connectivity index is 1.78. The van der Waals surface area contributed by atoms with Gasteiger partial charge in [-0.05, 0) is 31.0 Å². The number of nitrogens with one attached hydrogen (secondary N) is 1. The average molecular weight is 298 g/mol. The molecule has 1 heterocycles. The number of hydrogen-bond donors (Lipinski definition) is 3. The lowest BCUT2D eigenvalue weighted by Crippen LogP contribution is -2.37. The van der Waals surface area contributed by atoms with Gasteiger partial charge in [0, 0.05) is 31.1 Å². The van der Waals surface area contributed by atoms with E-state index in [4.69, 9.17) is 17.3 Å². The van der Waals surface area contributed by atoms with Crippen molar-refractivity contribution >= 4 is 28.9 Å². The Hall–Kier alpha value is -1.30. The lowest BCUT2D eigenvalue weighted by Gasteiger charge is -2.29. The molecular formula is C14H20ClN3O2. The van der Waals surface area contributed by atoms with E-state index < -0.39 is 0 Å². The summed E-state index contributed by atoms with van der Waals surface area (Å²) in [6.07, 6.45) is 1.80. The predicted octanol–water partition coefficient (Wildman–Crippen LogP) is 1.71. The van der Waals surface area contributed by atoms with Gasteiger partial charge in [-0.25, -0.2) is 0 Å². The summed E-state index contributed by atoms with van der Waals surface area (Å²) < 4.78 is 0. The predicted molar refractivity (Wildman–Crippen MR) is 80.8 cm³/mol. The third kappa shape index (κ3) is 4.37. The second-order valence-electron chi connectivity index (χ2n) is 5.10. The number of anilines is 2. The van der Waals surface area contributed by atoms with Crippen LogP contribution in [0.25, 0.3) is 0 Å². The van der Waals surface area contributed by atoms with Crippen LogP contribution in [0.1, 0.15) is 19.3 Å². The molecule has 20 heavy (non-hydrogen) atoms. The van der Waals surface area contributed by atoms with Gasteiger partial charge in [-0.3, -0.25) is 4.79 Å². The van der Waals surface area contributed by atoms with E-state index in [1.165, 1.54) is 0 Å². The average Bonchev–Trinajstić information content (AvgIpc) is 2.41. The second-order valence-corrected chi connectivity index (χ2v) is 5.54. The molecule has 1 fully saturated rings.